The van der Waals surface area contributed by atoms with Crippen molar-refractivity contribution in [3.05, 3.63) is 63.7 Å². The molecule has 2 saturated heterocycles. The number of ether oxygens (including phenoxy) is 1. The van der Waals surface area contributed by atoms with Crippen molar-refractivity contribution in [3.8, 4) is 5.75 Å². The third kappa shape index (κ3) is 3.66. The highest BCUT2D eigenvalue weighted by molar-refractivity contribution is 6.67. The summed E-state index contributed by atoms with van der Waals surface area (Å²) in [4.78, 5) is 51.7. The smallest absolute Gasteiger partial charge is 0.316 e. The van der Waals surface area contributed by atoms with E-state index in [-0.39, 0.29) is 40.4 Å². The topological polar surface area (TPSA) is 84.0 Å². The number of allylic oxidation sites excluding steroid dienone is 2. The molecule has 0 unspecified atom stereocenters. The van der Waals surface area contributed by atoms with E-state index in [0.29, 0.717) is 5.56 Å². The molecule has 2 bridgehead atoms. The lowest BCUT2D eigenvalue weighted by atomic mass is 9.84. The van der Waals surface area contributed by atoms with Gasteiger partial charge in [0.15, 0.2) is 4.33 Å². The Kier molecular flexibility index (Phi) is 6.74. The number of nitrogens with zero attached hydrogens (tertiary/aromatic N) is 2. The number of para-hydroxylation sites is 1. The summed E-state index contributed by atoms with van der Waals surface area (Å²) < 4.78 is 3.57. The van der Waals surface area contributed by atoms with Crippen LogP contribution < -0.4 is 14.5 Å². The molecule has 214 valence electrons. The van der Waals surface area contributed by atoms with Crippen LogP contribution in [0.15, 0.2) is 52.5 Å². The highest BCUT2D eigenvalue weighted by Crippen LogP contribution is 2.77. The Hall–Kier alpha value is -2.00. The molecule has 4 aliphatic rings. The molecule has 41 heavy (non-hydrogen) atoms. The van der Waals surface area contributed by atoms with Crippen molar-refractivity contribution in [2.75, 3.05) is 16.3 Å². The molecule has 2 heterocycles. The van der Waals surface area contributed by atoms with E-state index in [1.807, 2.05) is 31.2 Å². The van der Waals surface area contributed by atoms with Gasteiger partial charge in [-0.25, -0.2) is 4.90 Å². The average molecular weight is 677 g/mol. The maximum absolute atomic E-state index is 13.7. The summed E-state index contributed by atoms with van der Waals surface area (Å²) in [6, 6.07) is 11.9. The van der Waals surface area contributed by atoms with E-state index in [2.05, 4.69) is 0 Å². The van der Waals surface area contributed by atoms with Crippen molar-refractivity contribution in [3.63, 3.8) is 0 Å². The first kappa shape index (κ1) is 29.1. The summed E-state index contributed by atoms with van der Waals surface area (Å²) in [7, 11) is 0. The first-order valence-corrected chi connectivity index (χ1v) is 14.8. The Bertz CT molecular complexity index is 1560. The minimum absolute atomic E-state index is 0.0198. The number of imide groups is 1. The largest absolute Gasteiger partial charge is 0.426 e. The van der Waals surface area contributed by atoms with E-state index in [4.69, 9.17) is 74.3 Å². The van der Waals surface area contributed by atoms with Gasteiger partial charge in [-0.3, -0.25) is 19.2 Å². The molecule has 7 nitrogen and oxygen atoms in total. The van der Waals surface area contributed by atoms with Gasteiger partial charge in [0.1, 0.15) is 15.5 Å². The first-order chi connectivity index (χ1) is 19.2. The molecule has 0 spiro atoms. The number of hydrogen-bond donors (Lipinski definition) is 0. The van der Waals surface area contributed by atoms with Crippen LogP contribution in [-0.4, -0.2) is 44.3 Å². The molecule has 2 aliphatic heterocycles. The van der Waals surface area contributed by atoms with Gasteiger partial charge in [0.05, 0.1) is 33.5 Å². The molecule has 1 saturated carbocycles. The number of carbonyl (C=O) groups excluding carboxylic acids is 4. The molecule has 0 radical (unpaired) electrons. The van der Waals surface area contributed by atoms with E-state index >= 15 is 0 Å². The number of aryl methyl sites for hydroxylation is 2. The molecule has 2 aromatic rings. The van der Waals surface area contributed by atoms with Crippen LogP contribution in [0.3, 0.4) is 0 Å². The van der Waals surface area contributed by atoms with E-state index in [9.17, 15) is 19.2 Å². The molecule has 0 N–H and O–H groups in total. The van der Waals surface area contributed by atoms with Crippen LogP contribution in [0.2, 0.25) is 0 Å². The third-order valence-corrected chi connectivity index (χ3v) is 12.7. The Balaban J connectivity index is 1.22. The summed E-state index contributed by atoms with van der Waals surface area (Å²) in [5.41, 5.74) is 2.36. The molecule has 13 heteroatoms. The van der Waals surface area contributed by atoms with Gasteiger partial charge in [-0.05, 0) is 49.2 Å². The number of esters is 1. The second-order valence-electron chi connectivity index (χ2n) is 10.7. The normalized spacial score (nSPS) is 31.9. The van der Waals surface area contributed by atoms with Gasteiger partial charge in [-0.1, -0.05) is 64.6 Å². The van der Waals surface area contributed by atoms with Gasteiger partial charge >= 0.3 is 5.97 Å². The van der Waals surface area contributed by atoms with Crippen LogP contribution in [-0.2, 0) is 19.2 Å². The summed E-state index contributed by atoms with van der Waals surface area (Å²) >= 11 is 39.4. The molecule has 2 aromatic carbocycles. The number of fused-ring (bicyclic) bond motifs is 5. The Morgan fingerprint density at radius 1 is 0.854 bits per heavy atom. The van der Waals surface area contributed by atoms with Crippen molar-refractivity contribution in [1.29, 1.82) is 0 Å². The molecular weight excluding hydrogens is 657 g/mol. The quantitative estimate of drug-likeness (QED) is 0.166. The zero-order valence-electron chi connectivity index (χ0n) is 21.4. The SMILES string of the molecule is Cc1ccccc1N1C[C@H](C(=O)Oc2ccc(N3C(=O)[C@H]4[C@H](C3=O)[C@@]3(Cl)C(Cl)=C(Cl)[C@@]4(Cl)C3(Cl)Cl)c(C)c2)CC1=O. The van der Waals surface area contributed by atoms with Crippen molar-refractivity contribution < 1.29 is 23.9 Å². The lowest BCUT2D eigenvalue weighted by molar-refractivity contribution is -0.139. The first-order valence-electron chi connectivity index (χ1n) is 12.6. The number of rotatable bonds is 4. The standard InChI is InChI=1S/C28H20Cl6N2O5/c1-12-5-3-4-6-16(12)35-11-14(10-18(35)37)25(40)41-15-7-8-17(13(2)9-15)36-23(38)19-20(24(36)39)27(32)22(30)21(29)26(19,31)28(27,33)34/h3-9,14,19-20H,10-11H2,1-2H3/t14-,19-,20-,26-,27-/m1/s1. The van der Waals surface area contributed by atoms with Gasteiger partial charge in [-0.15, -0.1) is 23.2 Å². The summed E-state index contributed by atoms with van der Waals surface area (Å²) in [6.45, 7) is 3.74. The van der Waals surface area contributed by atoms with Crippen LogP contribution in [0, 0.1) is 31.6 Å². The average Bonchev–Trinajstić information content (AvgIpc) is 3.50. The van der Waals surface area contributed by atoms with E-state index in [0.717, 1.165) is 16.2 Å². The lowest BCUT2D eigenvalue weighted by Gasteiger charge is -2.34. The zero-order chi connectivity index (χ0) is 29.8. The van der Waals surface area contributed by atoms with E-state index < -0.39 is 49.6 Å². The fraction of sp³-hybridized carbons (Fsp3) is 0.357. The minimum atomic E-state index is -2.02. The molecule has 5 atom stereocenters. The highest BCUT2D eigenvalue weighted by atomic mass is 35.5. The van der Waals surface area contributed by atoms with Gasteiger partial charge in [0.25, 0.3) is 0 Å². The second kappa shape index (κ2) is 9.50. The fourth-order valence-electron chi connectivity index (χ4n) is 6.34. The maximum atomic E-state index is 13.7. The Morgan fingerprint density at radius 2 is 1.44 bits per heavy atom. The maximum Gasteiger partial charge on any atom is 0.316 e. The van der Waals surface area contributed by atoms with Crippen molar-refractivity contribution in [2.45, 2.75) is 34.3 Å². The number of amides is 3. The van der Waals surface area contributed by atoms with Crippen LogP contribution >= 0.6 is 69.6 Å². The summed E-state index contributed by atoms with van der Waals surface area (Å²) in [5.74, 6) is -5.08. The number of benzene rings is 2. The third-order valence-electron chi connectivity index (χ3n) is 8.40. The fourth-order valence-corrected chi connectivity index (χ4v) is 9.27. The number of hydrogen-bond acceptors (Lipinski definition) is 5. The van der Waals surface area contributed by atoms with Crippen molar-refractivity contribution in [1.82, 2.24) is 0 Å². The number of halogens is 6. The van der Waals surface area contributed by atoms with E-state index in [1.54, 1.807) is 11.8 Å². The van der Waals surface area contributed by atoms with Gasteiger partial charge < -0.3 is 9.64 Å². The second-order valence-corrected chi connectivity index (χ2v) is 13.9. The molecule has 6 rings (SSSR count). The van der Waals surface area contributed by atoms with Gasteiger partial charge in [0, 0.05) is 18.7 Å². The minimum Gasteiger partial charge on any atom is -0.426 e. The van der Waals surface area contributed by atoms with Crippen LogP contribution in [0.1, 0.15) is 17.5 Å². The van der Waals surface area contributed by atoms with Gasteiger partial charge in [-0.2, -0.15) is 0 Å². The molecule has 0 aromatic heterocycles. The molecule has 3 amide bonds. The van der Waals surface area contributed by atoms with Crippen LogP contribution in [0.4, 0.5) is 11.4 Å². The van der Waals surface area contributed by atoms with Crippen molar-refractivity contribution >= 4 is 105 Å². The van der Waals surface area contributed by atoms with Crippen molar-refractivity contribution in [2.24, 2.45) is 17.8 Å². The van der Waals surface area contributed by atoms with E-state index in [1.165, 1.54) is 18.2 Å². The zero-order valence-corrected chi connectivity index (χ0v) is 25.9. The molecular formula is C28H20Cl6N2O5. The monoisotopic (exact) mass is 674 g/mol. The number of anilines is 2. The van der Waals surface area contributed by atoms with Crippen LogP contribution in [0.5, 0.6) is 5.75 Å². The number of carbonyl (C=O) groups is 4. The number of alkyl halides is 4. The lowest BCUT2D eigenvalue weighted by Crippen LogP contribution is -2.50. The predicted octanol–water partition coefficient (Wildman–Crippen LogP) is 6.21. The van der Waals surface area contributed by atoms with Crippen LogP contribution in [0.25, 0.3) is 0 Å². The predicted molar refractivity (Wildman–Crippen MR) is 158 cm³/mol. The highest BCUT2D eigenvalue weighted by Gasteiger charge is 2.87. The Labute approximate surface area is 265 Å². The summed E-state index contributed by atoms with van der Waals surface area (Å²) in [6.07, 6.45) is 0.0198. The molecule has 2 aliphatic carbocycles. The summed E-state index contributed by atoms with van der Waals surface area (Å²) in [5, 5.41) is -0.342. The molecule has 3 fully saturated rings. The van der Waals surface area contributed by atoms with Gasteiger partial charge in [0.2, 0.25) is 17.7 Å². The Morgan fingerprint density at radius 3 is 2.00 bits per heavy atom.